The fraction of sp³-hybridized carbons (Fsp3) is 0.278. The first-order chi connectivity index (χ1) is 11.3. The average Bonchev–Trinajstić information content (AvgIpc) is 3.05. The van der Waals surface area contributed by atoms with Crippen molar-refractivity contribution in [2.24, 2.45) is 0 Å². The number of nitrogens with zero attached hydrogens (tertiary/aromatic N) is 3. The van der Waals surface area contributed by atoms with Gasteiger partial charge in [0.05, 0.1) is 17.3 Å². The molecule has 4 nitrogen and oxygen atoms in total. The number of piperazine rings is 1. The van der Waals surface area contributed by atoms with Gasteiger partial charge in [-0.15, -0.1) is 0 Å². The highest BCUT2D eigenvalue weighted by Gasteiger charge is 2.20. The number of rotatable bonds is 3. The molecule has 1 aliphatic heterocycles. The normalized spacial score (nSPS) is 15.2. The van der Waals surface area contributed by atoms with Gasteiger partial charge in [-0.1, -0.05) is 29.5 Å². The molecule has 0 radical (unpaired) electrons. The Morgan fingerprint density at radius 1 is 0.957 bits per heavy atom. The molecule has 0 saturated carbocycles. The van der Waals surface area contributed by atoms with E-state index in [0.717, 1.165) is 42.6 Å². The van der Waals surface area contributed by atoms with Gasteiger partial charge in [0.25, 0.3) is 0 Å². The first-order valence-corrected chi connectivity index (χ1v) is 8.65. The van der Waals surface area contributed by atoms with E-state index >= 15 is 0 Å². The van der Waals surface area contributed by atoms with Crippen molar-refractivity contribution in [2.45, 2.75) is 0 Å². The Morgan fingerprint density at radius 3 is 2.43 bits per heavy atom. The summed E-state index contributed by atoms with van der Waals surface area (Å²) in [4.78, 5) is 9.61. The zero-order valence-electron chi connectivity index (χ0n) is 13.1. The summed E-state index contributed by atoms with van der Waals surface area (Å²) in [6, 6.07) is 16.7. The quantitative estimate of drug-likeness (QED) is 0.735. The molecular weight excluding hydrogens is 306 g/mol. The van der Waals surface area contributed by atoms with Gasteiger partial charge in [-0.05, 0) is 24.3 Å². The Morgan fingerprint density at radius 2 is 1.70 bits per heavy atom. The second-order valence-corrected chi connectivity index (χ2v) is 6.65. The van der Waals surface area contributed by atoms with Crippen LogP contribution in [0.4, 0.5) is 10.8 Å². The smallest absolute Gasteiger partial charge is 0.186 e. The fourth-order valence-electron chi connectivity index (χ4n) is 2.95. The van der Waals surface area contributed by atoms with Crippen molar-refractivity contribution in [3.8, 4) is 5.75 Å². The number of anilines is 2. The predicted octanol–water partition coefficient (Wildman–Crippen LogP) is 3.63. The summed E-state index contributed by atoms with van der Waals surface area (Å²) in [6.07, 6.45) is 0. The molecule has 0 atom stereocenters. The topological polar surface area (TPSA) is 28.6 Å². The largest absolute Gasteiger partial charge is 0.497 e. The van der Waals surface area contributed by atoms with Crippen LogP contribution in [0.5, 0.6) is 5.75 Å². The van der Waals surface area contributed by atoms with Crippen LogP contribution >= 0.6 is 11.3 Å². The molecule has 0 spiro atoms. The van der Waals surface area contributed by atoms with Crippen LogP contribution in [0, 0.1) is 0 Å². The van der Waals surface area contributed by atoms with Gasteiger partial charge in [0.1, 0.15) is 5.75 Å². The lowest BCUT2D eigenvalue weighted by molar-refractivity contribution is 0.415. The van der Waals surface area contributed by atoms with E-state index in [2.05, 4.69) is 46.2 Å². The van der Waals surface area contributed by atoms with Gasteiger partial charge in [-0.3, -0.25) is 0 Å². The van der Waals surface area contributed by atoms with Gasteiger partial charge < -0.3 is 14.5 Å². The van der Waals surface area contributed by atoms with E-state index in [0.29, 0.717) is 0 Å². The molecule has 3 aromatic rings. The molecule has 0 amide bonds. The molecule has 0 aliphatic carbocycles. The van der Waals surface area contributed by atoms with Crippen LogP contribution in [0.2, 0.25) is 0 Å². The molecule has 0 N–H and O–H groups in total. The number of thiazole rings is 1. The second kappa shape index (κ2) is 6.08. The molecule has 23 heavy (non-hydrogen) atoms. The zero-order valence-corrected chi connectivity index (χ0v) is 13.9. The molecule has 118 valence electrons. The van der Waals surface area contributed by atoms with Crippen molar-refractivity contribution in [2.75, 3.05) is 43.1 Å². The van der Waals surface area contributed by atoms with Crippen LogP contribution in [-0.2, 0) is 0 Å². The van der Waals surface area contributed by atoms with Gasteiger partial charge in [0.15, 0.2) is 5.13 Å². The Balaban J connectivity index is 1.50. The standard InChI is InChI=1S/C18H19N3OS/c1-22-15-7-8-17-16(13-15)19-18(23-17)21-11-9-20(10-12-21)14-5-3-2-4-6-14/h2-8,13H,9-12H2,1H3. The molecule has 1 aromatic heterocycles. The van der Waals surface area contributed by atoms with Crippen LogP contribution < -0.4 is 14.5 Å². The number of benzene rings is 2. The molecular formula is C18H19N3OS. The average molecular weight is 325 g/mol. The van der Waals surface area contributed by atoms with Crippen molar-refractivity contribution in [3.05, 3.63) is 48.5 Å². The molecule has 2 heterocycles. The molecule has 1 fully saturated rings. The van der Waals surface area contributed by atoms with Crippen LogP contribution in [0.1, 0.15) is 0 Å². The maximum absolute atomic E-state index is 5.28. The molecule has 1 aliphatic rings. The fourth-order valence-corrected chi connectivity index (χ4v) is 3.95. The van der Waals surface area contributed by atoms with Crippen molar-refractivity contribution in [3.63, 3.8) is 0 Å². The zero-order chi connectivity index (χ0) is 15.6. The lowest BCUT2D eigenvalue weighted by Gasteiger charge is -2.35. The Kier molecular flexibility index (Phi) is 3.79. The van der Waals surface area contributed by atoms with Gasteiger partial charge in [0, 0.05) is 37.9 Å². The summed E-state index contributed by atoms with van der Waals surface area (Å²) in [5.74, 6) is 0.864. The summed E-state index contributed by atoms with van der Waals surface area (Å²) in [5, 5.41) is 1.11. The number of hydrogen-bond donors (Lipinski definition) is 0. The molecule has 5 heteroatoms. The summed E-state index contributed by atoms with van der Waals surface area (Å²) in [7, 11) is 1.69. The summed E-state index contributed by atoms with van der Waals surface area (Å²) < 4.78 is 6.50. The molecule has 0 unspecified atom stereocenters. The minimum absolute atomic E-state index is 0.864. The van der Waals surface area contributed by atoms with Crippen molar-refractivity contribution in [1.82, 2.24) is 4.98 Å². The molecule has 2 aromatic carbocycles. The SMILES string of the molecule is COc1ccc2sc(N3CCN(c4ccccc4)CC3)nc2c1. The van der Waals surface area contributed by atoms with Crippen molar-refractivity contribution >= 4 is 32.4 Å². The van der Waals surface area contributed by atoms with Crippen molar-refractivity contribution < 1.29 is 4.74 Å². The van der Waals surface area contributed by atoms with E-state index in [-0.39, 0.29) is 0 Å². The Bertz CT molecular complexity index is 794. The number of fused-ring (bicyclic) bond motifs is 1. The highest BCUT2D eigenvalue weighted by atomic mass is 32.1. The molecule has 1 saturated heterocycles. The first-order valence-electron chi connectivity index (χ1n) is 7.83. The molecule has 4 rings (SSSR count). The Hall–Kier alpha value is -2.27. The number of ether oxygens (including phenoxy) is 1. The lowest BCUT2D eigenvalue weighted by Crippen LogP contribution is -2.46. The van der Waals surface area contributed by atoms with Crippen LogP contribution in [0.3, 0.4) is 0 Å². The minimum atomic E-state index is 0.864. The van der Waals surface area contributed by atoms with Gasteiger partial charge in [-0.25, -0.2) is 4.98 Å². The third-order valence-electron chi connectivity index (χ3n) is 4.25. The molecule has 0 bridgehead atoms. The highest BCUT2D eigenvalue weighted by Crippen LogP contribution is 2.31. The van der Waals surface area contributed by atoms with E-state index in [4.69, 9.17) is 9.72 Å². The maximum atomic E-state index is 5.28. The van der Waals surface area contributed by atoms with E-state index in [1.165, 1.54) is 10.4 Å². The van der Waals surface area contributed by atoms with Crippen LogP contribution in [0.15, 0.2) is 48.5 Å². The maximum Gasteiger partial charge on any atom is 0.186 e. The van der Waals surface area contributed by atoms with Gasteiger partial charge in [-0.2, -0.15) is 0 Å². The summed E-state index contributed by atoms with van der Waals surface area (Å²) in [6.45, 7) is 4.07. The van der Waals surface area contributed by atoms with Gasteiger partial charge in [0.2, 0.25) is 0 Å². The Labute approximate surface area is 139 Å². The third kappa shape index (κ3) is 2.84. The summed E-state index contributed by atoms with van der Waals surface area (Å²) in [5.41, 5.74) is 2.33. The number of aromatic nitrogens is 1. The van der Waals surface area contributed by atoms with Crippen LogP contribution in [-0.4, -0.2) is 38.3 Å². The number of methoxy groups -OCH3 is 1. The lowest BCUT2D eigenvalue weighted by atomic mass is 10.2. The van der Waals surface area contributed by atoms with E-state index < -0.39 is 0 Å². The van der Waals surface area contributed by atoms with Gasteiger partial charge >= 0.3 is 0 Å². The van der Waals surface area contributed by atoms with E-state index in [1.54, 1.807) is 18.4 Å². The minimum Gasteiger partial charge on any atom is -0.497 e. The summed E-state index contributed by atoms with van der Waals surface area (Å²) >= 11 is 1.76. The van der Waals surface area contributed by atoms with E-state index in [1.807, 2.05) is 12.1 Å². The predicted molar refractivity (Wildman–Crippen MR) is 97.0 cm³/mol. The van der Waals surface area contributed by atoms with E-state index in [9.17, 15) is 0 Å². The third-order valence-corrected chi connectivity index (χ3v) is 5.35. The second-order valence-electron chi connectivity index (χ2n) is 5.64. The monoisotopic (exact) mass is 325 g/mol. The van der Waals surface area contributed by atoms with Crippen LogP contribution in [0.25, 0.3) is 10.2 Å². The first kappa shape index (κ1) is 14.3. The number of para-hydroxylation sites is 1. The van der Waals surface area contributed by atoms with Crippen molar-refractivity contribution in [1.29, 1.82) is 0 Å². The highest BCUT2D eigenvalue weighted by molar-refractivity contribution is 7.22. The number of hydrogen-bond acceptors (Lipinski definition) is 5.